The lowest BCUT2D eigenvalue weighted by Gasteiger charge is -2.38. The summed E-state index contributed by atoms with van der Waals surface area (Å²) in [4.78, 5) is 19.2. The summed E-state index contributed by atoms with van der Waals surface area (Å²) in [6.45, 7) is 10.6. The second kappa shape index (κ2) is 5.93. The molecule has 2 aliphatic heterocycles. The van der Waals surface area contributed by atoms with Gasteiger partial charge in [-0.15, -0.1) is 11.3 Å². The molecule has 2 saturated heterocycles. The standard InChI is InChI=1S/C17H27N3OS/c1-16(2,3)15-19-13(11-22-15)10-14(21)20-8-5-17(6-9-20)4-7-18-12-17/h11,18H,4-10,12H2,1-3H3. The smallest absolute Gasteiger partial charge is 0.228 e. The van der Waals surface area contributed by atoms with Gasteiger partial charge < -0.3 is 10.2 Å². The lowest BCUT2D eigenvalue weighted by atomic mass is 9.78. The molecule has 3 rings (SSSR count). The van der Waals surface area contributed by atoms with E-state index in [0.717, 1.165) is 49.7 Å². The maximum absolute atomic E-state index is 12.5. The molecule has 0 atom stereocenters. The Labute approximate surface area is 137 Å². The van der Waals surface area contributed by atoms with Crippen molar-refractivity contribution in [1.29, 1.82) is 0 Å². The Balaban J connectivity index is 1.55. The fourth-order valence-electron chi connectivity index (χ4n) is 3.45. The van der Waals surface area contributed by atoms with Crippen LogP contribution in [0.15, 0.2) is 5.38 Å². The van der Waals surface area contributed by atoms with E-state index in [2.05, 4.69) is 31.1 Å². The first-order chi connectivity index (χ1) is 10.4. The van der Waals surface area contributed by atoms with Gasteiger partial charge in [0.1, 0.15) is 0 Å². The molecule has 122 valence electrons. The van der Waals surface area contributed by atoms with E-state index >= 15 is 0 Å². The number of thiazole rings is 1. The van der Waals surface area contributed by atoms with E-state index in [1.54, 1.807) is 11.3 Å². The van der Waals surface area contributed by atoms with Crippen LogP contribution in [0.2, 0.25) is 0 Å². The van der Waals surface area contributed by atoms with E-state index in [0.29, 0.717) is 11.8 Å². The van der Waals surface area contributed by atoms with Gasteiger partial charge in [-0.1, -0.05) is 20.8 Å². The minimum absolute atomic E-state index is 0.0684. The predicted molar refractivity (Wildman–Crippen MR) is 90.3 cm³/mol. The van der Waals surface area contributed by atoms with Gasteiger partial charge in [-0.3, -0.25) is 4.79 Å². The average Bonchev–Trinajstić information content (AvgIpc) is 3.09. The van der Waals surface area contributed by atoms with Crippen LogP contribution in [0.5, 0.6) is 0 Å². The Bertz CT molecular complexity index is 530. The van der Waals surface area contributed by atoms with E-state index in [4.69, 9.17) is 0 Å². The maximum atomic E-state index is 12.5. The lowest BCUT2D eigenvalue weighted by Crippen LogP contribution is -2.44. The molecule has 2 fully saturated rings. The quantitative estimate of drug-likeness (QED) is 0.910. The zero-order valence-corrected chi connectivity index (χ0v) is 14.8. The van der Waals surface area contributed by atoms with Gasteiger partial charge in [-0.05, 0) is 31.2 Å². The third-order valence-corrected chi connectivity index (χ3v) is 6.35. The van der Waals surface area contributed by atoms with Crippen molar-refractivity contribution in [2.75, 3.05) is 26.2 Å². The average molecular weight is 321 g/mol. The van der Waals surface area contributed by atoms with Crippen molar-refractivity contribution in [3.8, 4) is 0 Å². The Morgan fingerprint density at radius 3 is 2.64 bits per heavy atom. The number of hydrogen-bond acceptors (Lipinski definition) is 4. The first-order valence-electron chi connectivity index (χ1n) is 8.31. The molecule has 0 bridgehead atoms. The molecule has 1 N–H and O–H groups in total. The van der Waals surface area contributed by atoms with Crippen LogP contribution in [-0.4, -0.2) is 42.0 Å². The van der Waals surface area contributed by atoms with Crippen molar-refractivity contribution < 1.29 is 4.79 Å². The highest BCUT2D eigenvalue weighted by Crippen LogP contribution is 2.37. The molecule has 1 aromatic rings. The SMILES string of the molecule is CC(C)(C)c1nc(CC(=O)N2CCC3(CCNC3)CC2)cs1. The predicted octanol–water partition coefficient (Wildman–Crippen LogP) is 2.59. The van der Waals surface area contributed by atoms with Crippen molar-refractivity contribution in [2.24, 2.45) is 5.41 Å². The Morgan fingerprint density at radius 2 is 2.09 bits per heavy atom. The van der Waals surface area contributed by atoms with Crippen molar-refractivity contribution in [3.05, 3.63) is 16.1 Å². The number of nitrogens with one attached hydrogen (secondary N) is 1. The highest BCUT2D eigenvalue weighted by Gasteiger charge is 2.38. The summed E-state index contributed by atoms with van der Waals surface area (Å²) in [5.74, 6) is 0.242. The number of amides is 1. The summed E-state index contributed by atoms with van der Waals surface area (Å²) in [6.07, 6.45) is 4.03. The third kappa shape index (κ3) is 3.35. The van der Waals surface area contributed by atoms with Crippen molar-refractivity contribution in [1.82, 2.24) is 15.2 Å². The van der Waals surface area contributed by atoms with Crippen LogP contribution in [0.4, 0.5) is 0 Å². The number of rotatable bonds is 2. The summed E-state index contributed by atoms with van der Waals surface area (Å²) < 4.78 is 0. The molecule has 1 aromatic heterocycles. The first-order valence-corrected chi connectivity index (χ1v) is 9.19. The van der Waals surface area contributed by atoms with Gasteiger partial charge in [0.05, 0.1) is 17.1 Å². The highest BCUT2D eigenvalue weighted by molar-refractivity contribution is 7.09. The first kappa shape index (κ1) is 15.9. The number of nitrogens with zero attached hydrogens (tertiary/aromatic N) is 2. The highest BCUT2D eigenvalue weighted by atomic mass is 32.1. The van der Waals surface area contributed by atoms with E-state index in [1.165, 1.54) is 6.42 Å². The largest absolute Gasteiger partial charge is 0.342 e. The Morgan fingerprint density at radius 1 is 1.36 bits per heavy atom. The van der Waals surface area contributed by atoms with Crippen molar-refractivity contribution in [2.45, 2.75) is 51.9 Å². The second-order valence-corrected chi connectivity index (χ2v) is 8.74. The summed E-state index contributed by atoms with van der Waals surface area (Å²) in [7, 11) is 0. The van der Waals surface area contributed by atoms with Gasteiger partial charge in [-0.25, -0.2) is 4.98 Å². The third-order valence-electron chi connectivity index (χ3n) is 5.03. The second-order valence-electron chi connectivity index (χ2n) is 7.88. The van der Waals surface area contributed by atoms with Crippen molar-refractivity contribution >= 4 is 17.2 Å². The molecular weight excluding hydrogens is 294 g/mol. The molecular formula is C17H27N3OS. The monoisotopic (exact) mass is 321 g/mol. The molecule has 5 heteroatoms. The van der Waals surface area contributed by atoms with Crippen LogP contribution in [-0.2, 0) is 16.6 Å². The number of aromatic nitrogens is 1. The number of hydrogen-bond donors (Lipinski definition) is 1. The maximum Gasteiger partial charge on any atom is 0.228 e. The van der Waals surface area contributed by atoms with Crippen LogP contribution in [0.3, 0.4) is 0 Å². The zero-order valence-electron chi connectivity index (χ0n) is 13.9. The zero-order chi connectivity index (χ0) is 15.8. The van der Waals surface area contributed by atoms with E-state index < -0.39 is 0 Å². The normalized spacial score (nSPS) is 21.5. The summed E-state index contributed by atoms with van der Waals surface area (Å²) in [6, 6.07) is 0. The molecule has 22 heavy (non-hydrogen) atoms. The molecule has 4 nitrogen and oxygen atoms in total. The van der Waals surface area contributed by atoms with Crippen molar-refractivity contribution in [3.63, 3.8) is 0 Å². The molecule has 0 aliphatic carbocycles. The Hall–Kier alpha value is -0.940. The summed E-state index contributed by atoms with van der Waals surface area (Å²) in [5.41, 5.74) is 1.47. The number of likely N-dealkylation sites (tertiary alicyclic amines) is 1. The van der Waals surface area contributed by atoms with Gasteiger partial charge in [0.15, 0.2) is 0 Å². The summed E-state index contributed by atoms with van der Waals surface area (Å²) in [5, 5.41) is 6.63. The minimum atomic E-state index is 0.0684. The van der Waals surface area contributed by atoms with Crippen LogP contribution in [0.25, 0.3) is 0 Å². The van der Waals surface area contributed by atoms with Gasteiger partial charge in [0.2, 0.25) is 5.91 Å². The minimum Gasteiger partial charge on any atom is -0.342 e. The van der Waals surface area contributed by atoms with Crippen LogP contribution in [0, 0.1) is 5.41 Å². The molecule has 2 aliphatic rings. The topological polar surface area (TPSA) is 45.2 Å². The number of piperidine rings is 1. The summed E-state index contributed by atoms with van der Waals surface area (Å²) >= 11 is 1.67. The van der Waals surface area contributed by atoms with Crippen LogP contribution in [0.1, 0.15) is 50.7 Å². The van der Waals surface area contributed by atoms with E-state index in [-0.39, 0.29) is 11.3 Å². The molecule has 0 saturated carbocycles. The fourth-order valence-corrected chi connectivity index (χ4v) is 4.36. The van der Waals surface area contributed by atoms with Gasteiger partial charge in [0.25, 0.3) is 0 Å². The Kier molecular flexibility index (Phi) is 4.29. The molecule has 0 aromatic carbocycles. The van der Waals surface area contributed by atoms with Gasteiger partial charge >= 0.3 is 0 Å². The molecule has 1 amide bonds. The molecule has 1 spiro atoms. The molecule has 0 radical (unpaired) electrons. The van der Waals surface area contributed by atoms with E-state index in [9.17, 15) is 4.79 Å². The molecule has 0 unspecified atom stereocenters. The number of carbonyl (C=O) groups is 1. The fraction of sp³-hybridized carbons (Fsp3) is 0.765. The number of carbonyl (C=O) groups excluding carboxylic acids is 1. The van der Waals surface area contributed by atoms with E-state index in [1.807, 2.05) is 10.3 Å². The molecule has 3 heterocycles. The van der Waals surface area contributed by atoms with Gasteiger partial charge in [-0.2, -0.15) is 0 Å². The van der Waals surface area contributed by atoms with Gasteiger partial charge in [0, 0.05) is 30.4 Å². The van der Waals surface area contributed by atoms with Crippen LogP contribution < -0.4 is 5.32 Å². The van der Waals surface area contributed by atoms with Crippen LogP contribution >= 0.6 is 11.3 Å². The lowest BCUT2D eigenvalue weighted by molar-refractivity contribution is -0.132.